The maximum absolute atomic E-state index is 11.1. The molecule has 24 heavy (non-hydrogen) atoms. The zero-order valence-electron chi connectivity index (χ0n) is 13.9. The van der Waals surface area contributed by atoms with Crippen LogP contribution < -0.4 is 11.5 Å². The van der Waals surface area contributed by atoms with E-state index in [-0.39, 0.29) is 17.3 Å². The maximum atomic E-state index is 11.1. The van der Waals surface area contributed by atoms with E-state index < -0.39 is 11.9 Å². The van der Waals surface area contributed by atoms with Gasteiger partial charge in [-0.05, 0) is 29.2 Å². The van der Waals surface area contributed by atoms with E-state index >= 15 is 0 Å². The van der Waals surface area contributed by atoms with Crippen LogP contribution in [0, 0.1) is 5.92 Å². The van der Waals surface area contributed by atoms with Gasteiger partial charge in [0.1, 0.15) is 0 Å². The van der Waals surface area contributed by atoms with Gasteiger partial charge in [0, 0.05) is 0 Å². The van der Waals surface area contributed by atoms with Crippen LogP contribution in [0.25, 0.3) is 10.8 Å². The molecule has 0 aromatic heterocycles. The van der Waals surface area contributed by atoms with Crippen LogP contribution in [0.3, 0.4) is 0 Å². The molecule has 6 nitrogen and oxygen atoms in total. The molecule has 0 bridgehead atoms. The summed E-state index contributed by atoms with van der Waals surface area (Å²) in [6.45, 7) is 4.22. The minimum absolute atomic E-state index is 0.130. The minimum Gasteiger partial charge on any atom is -0.478 e. The summed E-state index contributed by atoms with van der Waals surface area (Å²) in [5.74, 6) is -1.99. The monoisotopic (exact) mass is 332 g/mol. The van der Waals surface area contributed by atoms with Gasteiger partial charge in [0.2, 0.25) is 0 Å². The van der Waals surface area contributed by atoms with Crippen molar-refractivity contribution in [3.63, 3.8) is 0 Å². The van der Waals surface area contributed by atoms with E-state index in [4.69, 9.17) is 21.7 Å². The predicted molar refractivity (Wildman–Crippen MR) is 94.1 cm³/mol. The van der Waals surface area contributed by atoms with E-state index in [0.29, 0.717) is 16.7 Å². The third-order valence-electron chi connectivity index (χ3n) is 3.77. The lowest BCUT2D eigenvalue weighted by Gasteiger charge is -2.12. The van der Waals surface area contributed by atoms with Crippen LogP contribution in [-0.4, -0.2) is 28.3 Å². The number of hydrogen-bond donors (Lipinski definition) is 4. The second-order valence-electron chi connectivity index (χ2n) is 5.66. The van der Waals surface area contributed by atoms with Gasteiger partial charge >= 0.3 is 11.9 Å². The van der Waals surface area contributed by atoms with E-state index in [2.05, 4.69) is 13.8 Å². The van der Waals surface area contributed by atoms with Gasteiger partial charge in [-0.2, -0.15) is 0 Å². The summed E-state index contributed by atoms with van der Waals surface area (Å²) in [6, 6.07) is 9.72. The zero-order chi connectivity index (χ0) is 18.3. The Bertz CT molecular complexity index is 713. The van der Waals surface area contributed by atoms with Crippen molar-refractivity contribution in [2.45, 2.75) is 32.9 Å². The molecule has 0 radical (unpaired) electrons. The van der Waals surface area contributed by atoms with Gasteiger partial charge in [-0.15, -0.1) is 0 Å². The molecule has 0 heterocycles. The Labute approximate surface area is 141 Å². The molecule has 2 aromatic carbocycles. The van der Waals surface area contributed by atoms with Gasteiger partial charge in [-0.25, -0.2) is 9.59 Å². The topological polar surface area (TPSA) is 127 Å². The molecule has 0 aliphatic rings. The Kier molecular flexibility index (Phi) is 7.35. The highest BCUT2D eigenvalue weighted by Crippen LogP contribution is 2.22. The minimum atomic E-state index is -1.23. The van der Waals surface area contributed by atoms with Crippen LogP contribution in [0.15, 0.2) is 36.4 Å². The quantitative estimate of drug-likeness (QED) is 0.624. The molecule has 0 spiro atoms. The molecule has 0 aliphatic carbocycles. The molecule has 0 fully saturated rings. The second-order valence-corrected chi connectivity index (χ2v) is 5.66. The SMILES string of the molecule is CCCC(C)C(N)N.O=C(O)c1ccc2ccccc2c1C(=O)O. The normalized spacial score (nSPS) is 11.7. The fourth-order valence-corrected chi connectivity index (χ4v) is 2.33. The summed E-state index contributed by atoms with van der Waals surface area (Å²) in [4.78, 5) is 22.0. The number of carbonyl (C=O) groups is 2. The van der Waals surface area contributed by atoms with Crippen LogP contribution in [0.2, 0.25) is 0 Å². The van der Waals surface area contributed by atoms with Crippen molar-refractivity contribution in [1.82, 2.24) is 0 Å². The smallest absolute Gasteiger partial charge is 0.337 e. The molecule has 1 unspecified atom stereocenters. The van der Waals surface area contributed by atoms with Crippen molar-refractivity contribution in [3.05, 3.63) is 47.5 Å². The highest BCUT2D eigenvalue weighted by atomic mass is 16.4. The number of fused-ring (bicyclic) bond motifs is 1. The third-order valence-corrected chi connectivity index (χ3v) is 3.77. The second kappa shape index (κ2) is 9.00. The van der Waals surface area contributed by atoms with E-state index in [9.17, 15) is 9.59 Å². The fraction of sp³-hybridized carbons (Fsp3) is 0.333. The summed E-state index contributed by atoms with van der Waals surface area (Å²) in [6.07, 6.45) is 2.18. The maximum Gasteiger partial charge on any atom is 0.337 e. The van der Waals surface area contributed by atoms with Crippen LogP contribution in [0.5, 0.6) is 0 Å². The number of aromatic carboxylic acids is 2. The Morgan fingerprint density at radius 2 is 1.67 bits per heavy atom. The Morgan fingerprint density at radius 3 is 2.12 bits per heavy atom. The van der Waals surface area contributed by atoms with E-state index in [1.807, 2.05) is 0 Å². The molecular weight excluding hydrogens is 308 g/mol. The molecule has 0 aliphatic heterocycles. The highest BCUT2D eigenvalue weighted by Gasteiger charge is 2.18. The van der Waals surface area contributed by atoms with Crippen molar-refractivity contribution in [1.29, 1.82) is 0 Å². The predicted octanol–water partition coefficient (Wildman–Crippen LogP) is 2.90. The number of rotatable bonds is 5. The number of hydrogen-bond acceptors (Lipinski definition) is 4. The van der Waals surface area contributed by atoms with Crippen LogP contribution in [-0.2, 0) is 0 Å². The van der Waals surface area contributed by atoms with Gasteiger partial charge < -0.3 is 21.7 Å². The first-order valence-corrected chi connectivity index (χ1v) is 7.79. The number of carboxylic acids is 2. The summed E-state index contributed by atoms with van der Waals surface area (Å²) in [5, 5.41) is 19.1. The molecule has 0 saturated carbocycles. The van der Waals surface area contributed by atoms with Gasteiger partial charge in [0.25, 0.3) is 0 Å². The average molecular weight is 332 g/mol. The Hall–Kier alpha value is -2.44. The first kappa shape index (κ1) is 19.6. The van der Waals surface area contributed by atoms with Crippen LogP contribution >= 0.6 is 0 Å². The van der Waals surface area contributed by atoms with Gasteiger partial charge in [-0.1, -0.05) is 50.6 Å². The van der Waals surface area contributed by atoms with E-state index in [1.165, 1.54) is 12.5 Å². The third kappa shape index (κ3) is 5.04. The summed E-state index contributed by atoms with van der Waals surface area (Å²) < 4.78 is 0. The average Bonchev–Trinajstić information content (AvgIpc) is 2.54. The lowest BCUT2D eigenvalue weighted by Crippen LogP contribution is -2.37. The summed E-state index contributed by atoms with van der Waals surface area (Å²) in [5.41, 5.74) is 10.4. The van der Waals surface area contributed by atoms with Crippen molar-refractivity contribution < 1.29 is 19.8 Å². The Morgan fingerprint density at radius 1 is 1.04 bits per heavy atom. The van der Waals surface area contributed by atoms with Gasteiger partial charge in [0.05, 0.1) is 17.3 Å². The molecule has 6 N–H and O–H groups in total. The number of benzene rings is 2. The van der Waals surface area contributed by atoms with Crippen molar-refractivity contribution in [3.8, 4) is 0 Å². The van der Waals surface area contributed by atoms with E-state index in [1.54, 1.807) is 30.3 Å². The van der Waals surface area contributed by atoms with Crippen LogP contribution in [0.4, 0.5) is 0 Å². The number of carboxylic acid groups (broad SMARTS) is 2. The molecule has 1 atom stereocenters. The first-order chi connectivity index (χ1) is 11.3. The standard InChI is InChI=1S/C12H8O4.C6H16N2/c13-11(14)9-6-5-7-3-1-2-4-8(7)10(9)12(15)16;1-3-4-5(2)6(7)8/h1-6H,(H,13,14)(H,15,16);5-6H,3-4,7-8H2,1-2H3. The van der Waals surface area contributed by atoms with Crippen molar-refractivity contribution in [2.24, 2.45) is 17.4 Å². The van der Waals surface area contributed by atoms with Gasteiger partial charge in [-0.3, -0.25) is 0 Å². The Balaban J connectivity index is 0.000000307. The lowest BCUT2D eigenvalue weighted by molar-refractivity contribution is 0.0653. The van der Waals surface area contributed by atoms with Crippen molar-refractivity contribution >= 4 is 22.7 Å². The van der Waals surface area contributed by atoms with E-state index in [0.717, 1.165) is 6.42 Å². The van der Waals surface area contributed by atoms with Gasteiger partial charge in [0.15, 0.2) is 0 Å². The van der Waals surface area contributed by atoms with Crippen molar-refractivity contribution in [2.75, 3.05) is 0 Å². The van der Waals surface area contributed by atoms with Crippen LogP contribution in [0.1, 0.15) is 47.4 Å². The molecule has 6 heteroatoms. The molecule has 2 rings (SSSR count). The molecular formula is C18H24N2O4. The lowest BCUT2D eigenvalue weighted by atomic mass is 9.99. The summed E-state index contributed by atoms with van der Waals surface area (Å²) >= 11 is 0. The first-order valence-electron chi connectivity index (χ1n) is 7.79. The fourth-order valence-electron chi connectivity index (χ4n) is 2.33. The zero-order valence-corrected chi connectivity index (χ0v) is 13.9. The number of nitrogens with two attached hydrogens (primary N) is 2. The molecule has 2 aromatic rings. The largest absolute Gasteiger partial charge is 0.478 e. The molecule has 0 amide bonds. The summed E-state index contributed by atoms with van der Waals surface area (Å²) in [7, 11) is 0. The highest BCUT2D eigenvalue weighted by molar-refractivity contribution is 6.11. The molecule has 0 saturated heterocycles. The molecule has 130 valence electrons.